The van der Waals surface area contributed by atoms with Gasteiger partial charge in [-0.3, -0.25) is 71.9 Å². The van der Waals surface area contributed by atoms with Gasteiger partial charge in [0.15, 0.2) is 6.04 Å². The largest absolute Gasteiger partial charge is 0.495 e. The monoisotopic (exact) mass is 2040 g/mol. The number of anilines is 15. The molecular weight excluding hydrogens is 1950 g/mol. The molecule has 0 fully saturated rings. The Morgan fingerprint density at radius 1 is 0.356 bits per heavy atom. The maximum absolute atomic E-state index is 14.5. The van der Waals surface area contributed by atoms with Crippen molar-refractivity contribution >= 4 is 138 Å². The lowest BCUT2D eigenvalue weighted by Gasteiger charge is -2.24. The van der Waals surface area contributed by atoms with Gasteiger partial charge in [-0.05, 0) is 186 Å². The zero-order chi connectivity index (χ0) is 105. The SMILES string of the molecule is CC[C@@H](Nc1c(Nc2c(F)ccc3c2C(=O)NC3C)c(=O)c1=O)c1ccc(C)o1.CC[C@@H](Nc1c(Nc2c(OC)ccc3c2C(=O)NC3)c(=O)c1=O)c1ccc(C)o1.Cc1ccc(C(Nc2c(Nc3ccc(Cl)c4c3C(=O)NC4)c(=O)c2=O)C(F)(F)F)o1.Cc1ccc([C@H](Nc2c(Nc3c(Cl)ccc4c3C(=O)NC4)c(=O)c2=O)C(C)C)o1.Cc1ccc([C@H](Nc2c(Nc3c(F)ccc4c3C(=O)NC4)c(=O)c2=O)C(C)C)o1. The number of ether oxygens (including phenoxy) is 1. The molecule has 0 saturated carbocycles. The Bertz CT molecular complexity index is 7960. The summed E-state index contributed by atoms with van der Waals surface area (Å²) >= 11 is 12.3. The third-order valence-electron chi connectivity index (χ3n) is 25.3. The molecule has 36 nitrogen and oxygen atoms in total. The summed E-state index contributed by atoms with van der Waals surface area (Å²) in [5.74, 6) is 2.73. The first-order valence-corrected chi connectivity index (χ1v) is 46.8. The van der Waals surface area contributed by atoms with Crippen LogP contribution in [-0.2, 0) is 26.2 Å². The third-order valence-corrected chi connectivity index (χ3v) is 26.0. The van der Waals surface area contributed by atoms with Crippen LogP contribution in [0.1, 0.15) is 235 Å². The fourth-order valence-electron chi connectivity index (χ4n) is 17.5. The molecule has 0 aliphatic carbocycles. The van der Waals surface area contributed by atoms with E-state index in [0.717, 1.165) is 40.2 Å². The van der Waals surface area contributed by atoms with Crippen LogP contribution in [0, 0.1) is 58.1 Å². The summed E-state index contributed by atoms with van der Waals surface area (Å²) in [6.45, 7) is 23.5. The number of benzene rings is 5. The van der Waals surface area contributed by atoms with Gasteiger partial charge in [-0.2, -0.15) is 13.2 Å². The smallest absolute Gasteiger partial charge is 0.415 e. The van der Waals surface area contributed by atoms with Gasteiger partial charge in [-0.1, -0.05) is 89.0 Å². The number of nitrogens with one attached hydrogen (secondary N) is 15. The van der Waals surface area contributed by atoms with Gasteiger partial charge in [0.2, 0.25) is 0 Å². The number of carbonyl (C=O) groups excluding carboxylic acids is 5. The van der Waals surface area contributed by atoms with Crippen LogP contribution in [0.2, 0.25) is 10.0 Å². The van der Waals surface area contributed by atoms with E-state index in [4.69, 9.17) is 50.0 Å². The normalized spacial score (nSPS) is 14.6. The van der Waals surface area contributed by atoms with Crippen LogP contribution in [0.4, 0.5) is 107 Å². The first kappa shape index (κ1) is 102. The van der Waals surface area contributed by atoms with E-state index < -0.39 is 107 Å². The van der Waals surface area contributed by atoms with Gasteiger partial charge in [-0.15, -0.1) is 0 Å². The molecule has 5 aliphatic rings. The Kier molecular flexibility index (Phi) is 28.7. The molecule has 146 heavy (non-hydrogen) atoms. The number of halogens is 7. The number of fused-ring (bicyclic) bond motifs is 5. The van der Waals surface area contributed by atoms with E-state index in [9.17, 15) is 93.9 Å². The van der Waals surface area contributed by atoms with Crippen molar-refractivity contribution in [3.05, 3.63) is 358 Å². The molecule has 10 heterocycles. The summed E-state index contributed by atoms with van der Waals surface area (Å²) in [4.78, 5) is 183. The van der Waals surface area contributed by atoms with Crippen molar-refractivity contribution < 1.29 is 72.7 Å². The maximum Gasteiger partial charge on any atom is 0.415 e. The first-order chi connectivity index (χ1) is 69.4. The van der Waals surface area contributed by atoms with Gasteiger partial charge in [0.25, 0.3) is 83.8 Å². The second kappa shape index (κ2) is 40.9. The van der Waals surface area contributed by atoms with Crippen LogP contribution in [0.3, 0.4) is 0 Å². The number of carbonyl (C=O) groups is 5. The number of furan rings is 5. The van der Waals surface area contributed by atoms with Crippen LogP contribution in [-0.4, -0.2) is 42.8 Å². The molecule has 6 atom stereocenters. The van der Waals surface area contributed by atoms with Crippen LogP contribution < -0.4 is 139 Å². The summed E-state index contributed by atoms with van der Waals surface area (Å²) < 4.78 is 103. The fourth-order valence-corrected chi connectivity index (χ4v) is 17.9. The lowest BCUT2D eigenvalue weighted by molar-refractivity contribution is -0.147. The van der Waals surface area contributed by atoms with Gasteiger partial charge in [-0.25, -0.2) is 8.78 Å². The number of rotatable bonds is 30. The van der Waals surface area contributed by atoms with E-state index in [0.29, 0.717) is 104 Å². The lowest BCUT2D eigenvalue weighted by atomic mass is 10.00. The molecule has 5 amide bonds. The van der Waals surface area contributed by atoms with Gasteiger partial charge >= 0.3 is 6.18 Å². The third kappa shape index (κ3) is 19.7. The van der Waals surface area contributed by atoms with E-state index >= 15 is 0 Å². The summed E-state index contributed by atoms with van der Waals surface area (Å²) in [5, 5.41) is 42.3. The molecule has 43 heteroatoms. The quantitative estimate of drug-likeness (QED) is 0.0147. The number of aryl methyl sites for hydroxylation is 5. The van der Waals surface area contributed by atoms with Crippen LogP contribution in [0.15, 0.2) is 191 Å². The van der Waals surface area contributed by atoms with E-state index in [1.807, 2.05) is 106 Å². The van der Waals surface area contributed by atoms with E-state index in [-0.39, 0.29) is 158 Å². The molecule has 10 aromatic carbocycles. The average Bonchev–Trinajstić information content (AvgIpc) is 1.50. The molecule has 0 spiro atoms. The minimum Gasteiger partial charge on any atom is -0.495 e. The Hall–Kier alpha value is -16.7. The number of hydrogen-bond donors (Lipinski definition) is 15. The maximum atomic E-state index is 14.5. The van der Waals surface area contributed by atoms with Crippen molar-refractivity contribution in [3.63, 3.8) is 0 Å². The van der Waals surface area contributed by atoms with Gasteiger partial charge in [0.05, 0.1) is 98.6 Å². The number of alkyl halides is 3. The Morgan fingerprint density at radius 2 is 0.692 bits per heavy atom. The zero-order valence-electron chi connectivity index (χ0n) is 80.1. The van der Waals surface area contributed by atoms with Crippen LogP contribution in [0.5, 0.6) is 5.75 Å². The molecule has 15 N–H and O–H groups in total. The highest BCUT2D eigenvalue weighted by Crippen LogP contribution is 2.45. The number of methoxy groups -OCH3 is 1. The van der Waals surface area contributed by atoms with Crippen LogP contribution >= 0.6 is 23.2 Å². The summed E-state index contributed by atoms with van der Waals surface area (Å²) in [6, 6.07) is 28.6. The predicted octanol–water partition coefficient (Wildman–Crippen LogP) is 16.5. The molecule has 756 valence electrons. The Morgan fingerprint density at radius 3 is 1.10 bits per heavy atom. The highest BCUT2D eigenvalue weighted by Gasteiger charge is 2.46. The molecular formula is C103H94Cl2F5N15O21. The average molecular weight is 2040 g/mol. The topological polar surface area (TPSA) is 511 Å². The standard InChI is InChI=1S/C21H20ClN3O4.2C21H20FN3O4.C21H21N3O5.C19H13ClF3N3O4/c2*1-9(2)15(13-7-4-10(3)29-13)24-17-18(20(27)19(17)26)25-16-12(22)6-5-11-8-23-21(28)14(11)16;1-4-13(14-8-5-9(2)29-14)24-17-18(20(27)19(17)26)25-16-12(22)7-6-11-10(3)23-21(28)15(11)16;1-4-12(13-7-5-10(2)29-13)23-17-18(20(26)19(17)25)24-16-14(28-3)8-6-11-9-22-21(27)15(11)16;1-7-2-5-11(30-7)17(19(21,22)23)26-14-13(15(27)16(14)28)25-10-4-3-9(20)8-6-24-18(29)12(8)10/h2*4-7,9,15,24-25H,8H2,1-3H3,(H,23,28);5-8,10,13,24-25H,4H2,1-3H3,(H,23,28);5-8,12,23-24H,4,9H2,1-3H3,(H,22,27);2-5,17,25-26H,6H2,1H3,(H,24,29)/t2*15-;10?,13-;12-;/m1111./s1. The minimum atomic E-state index is -4.80. The van der Waals surface area contributed by atoms with Gasteiger partial charge in [0, 0.05) is 36.8 Å². The van der Waals surface area contributed by atoms with Crippen molar-refractivity contribution in [2.75, 3.05) is 60.3 Å². The van der Waals surface area contributed by atoms with Gasteiger partial charge < -0.3 is 107 Å². The van der Waals surface area contributed by atoms with Crippen LogP contribution in [0.25, 0.3) is 0 Å². The molecule has 0 bridgehead atoms. The highest BCUT2D eigenvalue weighted by atomic mass is 35.5. The van der Waals surface area contributed by atoms with E-state index in [1.54, 1.807) is 43.3 Å². The lowest BCUT2D eigenvalue weighted by Crippen LogP contribution is -2.40. The number of amides is 5. The minimum absolute atomic E-state index is 0.0429. The van der Waals surface area contributed by atoms with Crippen molar-refractivity contribution in [1.82, 2.24) is 26.6 Å². The molecule has 5 aromatic heterocycles. The second-order valence-electron chi connectivity index (χ2n) is 35.8. The zero-order valence-corrected chi connectivity index (χ0v) is 81.6. The summed E-state index contributed by atoms with van der Waals surface area (Å²) in [6.07, 6.45) is -3.55. The van der Waals surface area contributed by atoms with Crippen molar-refractivity contribution in [1.29, 1.82) is 0 Å². The molecule has 20 rings (SSSR count). The van der Waals surface area contributed by atoms with Gasteiger partial charge in [0.1, 0.15) is 132 Å². The molecule has 2 unspecified atom stereocenters. The van der Waals surface area contributed by atoms with Crippen molar-refractivity contribution in [2.45, 2.75) is 165 Å². The molecule has 0 radical (unpaired) electrons. The van der Waals surface area contributed by atoms with Crippen molar-refractivity contribution in [2.24, 2.45) is 11.8 Å². The predicted molar refractivity (Wildman–Crippen MR) is 538 cm³/mol. The summed E-state index contributed by atoms with van der Waals surface area (Å²) in [7, 11) is 1.48. The Balaban J connectivity index is 0.000000131. The highest BCUT2D eigenvalue weighted by molar-refractivity contribution is 6.35. The molecule has 15 aromatic rings. The second-order valence-corrected chi connectivity index (χ2v) is 36.6. The molecule has 0 saturated heterocycles. The molecule has 5 aliphatic heterocycles. The van der Waals surface area contributed by atoms with E-state index in [2.05, 4.69) is 79.8 Å². The van der Waals surface area contributed by atoms with E-state index in [1.165, 1.54) is 56.5 Å². The number of hydrogen-bond acceptors (Lipinski definition) is 31. The summed E-state index contributed by atoms with van der Waals surface area (Å²) in [5.41, 5.74) is -2.73. The Labute approximate surface area is 833 Å². The van der Waals surface area contributed by atoms with Crippen molar-refractivity contribution in [3.8, 4) is 5.75 Å². The first-order valence-electron chi connectivity index (χ1n) is 46.0. The fraction of sp³-hybridized carbons (Fsp3) is 0.272.